The number of nitrogens with zero attached hydrogens (tertiary/aromatic N) is 1. The van der Waals surface area contributed by atoms with E-state index in [4.69, 9.17) is 0 Å². The third-order valence-corrected chi connectivity index (χ3v) is 5.10. The van der Waals surface area contributed by atoms with E-state index in [9.17, 15) is 0 Å². The molecular weight excluding hydrogens is 320 g/mol. The van der Waals surface area contributed by atoms with Gasteiger partial charge < -0.3 is 10.2 Å². The van der Waals surface area contributed by atoms with Gasteiger partial charge in [0.1, 0.15) is 0 Å². The molecule has 1 N–H and O–H groups in total. The van der Waals surface area contributed by atoms with Gasteiger partial charge in [0, 0.05) is 45.7 Å². The summed E-state index contributed by atoms with van der Waals surface area (Å²) in [5.41, 5.74) is 2.55. The van der Waals surface area contributed by atoms with Crippen LogP contribution in [-0.4, -0.2) is 13.1 Å². The molecule has 0 bridgehead atoms. The van der Waals surface area contributed by atoms with Gasteiger partial charge in [0.15, 0.2) is 0 Å². The number of anilines is 2. The summed E-state index contributed by atoms with van der Waals surface area (Å²) < 4.78 is 1.17. The Kier molecular flexibility index (Phi) is 4.09. The molecule has 19 heavy (non-hydrogen) atoms. The zero-order chi connectivity index (χ0) is 13.1. The number of thiophene rings is 1. The summed E-state index contributed by atoms with van der Waals surface area (Å²) in [4.78, 5) is 3.81. The van der Waals surface area contributed by atoms with Gasteiger partial charge in [-0.15, -0.1) is 11.3 Å². The fourth-order valence-electron chi connectivity index (χ4n) is 2.42. The van der Waals surface area contributed by atoms with E-state index in [1.54, 1.807) is 11.3 Å². The van der Waals surface area contributed by atoms with Crippen LogP contribution < -0.4 is 10.2 Å². The van der Waals surface area contributed by atoms with Crippen molar-refractivity contribution in [3.05, 3.63) is 45.1 Å². The average molecular weight is 337 g/mol. The van der Waals surface area contributed by atoms with Gasteiger partial charge in [0.05, 0.1) is 0 Å². The number of halogens is 1. The lowest BCUT2D eigenvalue weighted by molar-refractivity contribution is 0.949. The SMILES string of the molecule is Brc1csc(CNc2cccc(N3CCCC3)c2)c1. The maximum absolute atomic E-state index is 3.50. The van der Waals surface area contributed by atoms with Gasteiger partial charge in [-0.25, -0.2) is 0 Å². The summed E-state index contributed by atoms with van der Waals surface area (Å²) in [5, 5.41) is 5.62. The van der Waals surface area contributed by atoms with Gasteiger partial charge in [-0.05, 0) is 53.0 Å². The number of rotatable bonds is 4. The normalized spacial score (nSPS) is 14.9. The van der Waals surface area contributed by atoms with Gasteiger partial charge in [-0.3, -0.25) is 0 Å². The second kappa shape index (κ2) is 5.97. The summed E-state index contributed by atoms with van der Waals surface area (Å²) in [6, 6.07) is 10.9. The first-order valence-electron chi connectivity index (χ1n) is 6.63. The maximum atomic E-state index is 3.50. The molecule has 1 aliphatic rings. The zero-order valence-corrected chi connectivity index (χ0v) is 13.1. The molecule has 0 amide bonds. The number of hydrogen-bond donors (Lipinski definition) is 1. The first-order valence-corrected chi connectivity index (χ1v) is 8.30. The Hall–Kier alpha value is -1.00. The summed E-state index contributed by atoms with van der Waals surface area (Å²) >= 11 is 5.27. The molecule has 1 aliphatic heterocycles. The second-order valence-corrected chi connectivity index (χ2v) is 6.74. The largest absolute Gasteiger partial charge is 0.380 e. The molecule has 0 aliphatic carbocycles. The fourth-order valence-corrected chi connectivity index (χ4v) is 3.81. The molecule has 2 heterocycles. The topological polar surface area (TPSA) is 15.3 Å². The van der Waals surface area contributed by atoms with E-state index < -0.39 is 0 Å². The van der Waals surface area contributed by atoms with Crippen molar-refractivity contribution in [1.29, 1.82) is 0 Å². The highest BCUT2D eigenvalue weighted by atomic mass is 79.9. The van der Waals surface area contributed by atoms with Crippen molar-refractivity contribution in [2.75, 3.05) is 23.3 Å². The van der Waals surface area contributed by atoms with Crippen LogP contribution in [0.4, 0.5) is 11.4 Å². The summed E-state index contributed by atoms with van der Waals surface area (Å²) in [6.07, 6.45) is 2.64. The van der Waals surface area contributed by atoms with Gasteiger partial charge in [0.2, 0.25) is 0 Å². The van der Waals surface area contributed by atoms with Crippen LogP contribution in [0.15, 0.2) is 40.2 Å². The van der Waals surface area contributed by atoms with Crippen molar-refractivity contribution in [2.24, 2.45) is 0 Å². The highest BCUT2D eigenvalue weighted by Gasteiger charge is 2.12. The van der Waals surface area contributed by atoms with Crippen LogP contribution in [0.3, 0.4) is 0 Å². The van der Waals surface area contributed by atoms with Crippen LogP contribution in [0, 0.1) is 0 Å². The maximum Gasteiger partial charge on any atom is 0.0494 e. The minimum atomic E-state index is 0.889. The first kappa shape index (κ1) is 13.0. The van der Waals surface area contributed by atoms with Gasteiger partial charge in [-0.2, -0.15) is 0 Å². The average Bonchev–Trinajstić information content (AvgIpc) is 3.08. The molecule has 0 unspecified atom stereocenters. The highest BCUT2D eigenvalue weighted by molar-refractivity contribution is 9.10. The van der Waals surface area contributed by atoms with E-state index in [0.717, 1.165) is 6.54 Å². The van der Waals surface area contributed by atoms with Gasteiger partial charge >= 0.3 is 0 Å². The zero-order valence-electron chi connectivity index (χ0n) is 10.7. The summed E-state index contributed by atoms with van der Waals surface area (Å²) in [5.74, 6) is 0. The Labute approximate surface area is 126 Å². The number of nitrogens with one attached hydrogen (secondary N) is 1. The van der Waals surface area contributed by atoms with Crippen molar-refractivity contribution in [3.8, 4) is 0 Å². The van der Waals surface area contributed by atoms with Crippen LogP contribution in [0.5, 0.6) is 0 Å². The molecular formula is C15H17BrN2S. The van der Waals surface area contributed by atoms with Crippen LogP contribution in [0.2, 0.25) is 0 Å². The van der Waals surface area contributed by atoms with Crippen molar-refractivity contribution in [1.82, 2.24) is 0 Å². The first-order chi connectivity index (χ1) is 9.31. The molecule has 0 spiro atoms. The Balaban J connectivity index is 1.65. The van der Waals surface area contributed by atoms with Crippen LogP contribution >= 0.6 is 27.3 Å². The Morgan fingerprint density at radius 2 is 2.05 bits per heavy atom. The van der Waals surface area contributed by atoms with Crippen LogP contribution in [0.1, 0.15) is 17.7 Å². The van der Waals surface area contributed by atoms with Crippen molar-refractivity contribution >= 4 is 38.6 Å². The molecule has 0 saturated carbocycles. The standard InChI is InChI=1S/C15H17BrN2S/c16-12-8-15(19-11-12)10-17-13-4-3-5-14(9-13)18-6-1-2-7-18/h3-5,8-9,11,17H,1-2,6-7,10H2. The highest BCUT2D eigenvalue weighted by Crippen LogP contribution is 2.25. The molecule has 3 rings (SSSR count). The molecule has 1 saturated heterocycles. The molecule has 2 aromatic rings. The van der Waals surface area contributed by atoms with Gasteiger partial charge in [-0.1, -0.05) is 6.07 Å². The van der Waals surface area contributed by atoms with E-state index in [1.807, 2.05) is 0 Å². The molecule has 1 aromatic carbocycles. The molecule has 0 radical (unpaired) electrons. The molecule has 1 aromatic heterocycles. The van der Waals surface area contributed by atoms with E-state index in [2.05, 4.69) is 61.9 Å². The third kappa shape index (κ3) is 3.31. The van der Waals surface area contributed by atoms with E-state index in [1.165, 1.54) is 46.7 Å². The molecule has 0 atom stereocenters. The monoisotopic (exact) mass is 336 g/mol. The Morgan fingerprint density at radius 1 is 1.21 bits per heavy atom. The molecule has 100 valence electrons. The smallest absolute Gasteiger partial charge is 0.0494 e. The van der Waals surface area contributed by atoms with E-state index >= 15 is 0 Å². The number of hydrogen-bond acceptors (Lipinski definition) is 3. The summed E-state index contributed by atoms with van der Waals surface area (Å²) in [7, 11) is 0. The predicted molar refractivity (Wildman–Crippen MR) is 87.2 cm³/mol. The lowest BCUT2D eigenvalue weighted by Crippen LogP contribution is -2.17. The molecule has 2 nitrogen and oxygen atoms in total. The fraction of sp³-hybridized carbons (Fsp3) is 0.333. The lowest BCUT2D eigenvalue weighted by atomic mass is 10.2. The minimum absolute atomic E-state index is 0.889. The minimum Gasteiger partial charge on any atom is -0.380 e. The van der Waals surface area contributed by atoms with Crippen molar-refractivity contribution < 1.29 is 0 Å². The van der Waals surface area contributed by atoms with E-state index in [0.29, 0.717) is 0 Å². The molecule has 4 heteroatoms. The number of benzene rings is 1. The predicted octanol–water partition coefficient (Wildman–Crippen LogP) is 4.72. The summed E-state index contributed by atoms with van der Waals surface area (Å²) in [6.45, 7) is 3.28. The van der Waals surface area contributed by atoms with E-state index in [-0.39, 0.29) is 0 Å². The van der Waals surface area contributed by atoms with Gasteiger partial charge in [0.25, 0.3) is 0 Å². The second-order valence-electron chi connectivity index (χ2n) is 4.83. The van der Waals surface area contributed by atoms with Crippen molar-refractivity contribution in [3.63, 3.8) is 0 Å². The lowest BCUT2D eigenvalue weighted by Gasteiger charge is -2.18. The van der Waals surface area contributed by atoms with Crippen molar-refractivity contribution in [2.45, 2.75) is 19.4 Å². The quantitative estimate of drug-likeness (QED) is 0.868. The van der Waals surface area contributed by atoms with Crippen LogP contribution in [0.25, 0.3) is 0 Å². The van der Waals surface area contributed by atoms with Crippen LogP contribution in [-0.2, 0) is 6.54 Å². The Bertz CT molecular complexity index is 547. The third-order valence-electron chi connectivity index (χ3n) is 3.41. The Morgan fingerprint density at radius 3 is 2.79 bits per heavy atom. The molecule has 1 fully saturated rings.